The Hall–Kier alpha value is -2.11. The third kappa shape index (κ3) is 4.60. The maximum absolute atomic E-state index is 13.2. The molecule has 3 rings (SSSR count). The van der Waals surface area contributed by atoms with Crippen molar-refractivity contribution in [2.24, 2.45) is 0 Å². The maximum Gasteiger partial charge on any atom is 0.416 e. The molecule has 27 heavy (non-hydrogen) atoms. The van der Waals surface area contributed by atoms with Crippen LogP contribution >= 0.6 is 0 Å². The van der Waals surface area contributed by atoms with E-state index in [0.29, 0.717) is 5.82 Å². The summed E-state index contributed by atoms with van der Waals surface area (Å²) in [5.41, 5.74) is 0.375. The lowest BCUT2D eigenvalue weighted by molar-refractivity contribution is -0.118. The first-order valence-corrected chi connectivity index (χ1v) is 10.1. The van der Waals surface area contributed by atoms with Crippen molar-refractivity contribution in [3.63, 3.8) is 0 Å². The van der Waals surface area contributed by atoms with Crippen molar-refractivity contribution < 1.29 is 14.3 Å². The van der Waals surface area contributed by atoms with Gasteiger partial charge in [-0.15, -0.1) is 0 Å². The number of carbonyl (C=O) groups is 2. The fourth-order valence-corrected chi connectivity index (χ4v) is 4.18. The smallest absolute Gasteiger partial charge is 0.416 e. The van der Waals surface area contributed by atoms with E-state index in [1.54, 1.807) is 11.1 Å². The molecule has 1 saturated carbocycles. The van der Waals surface area contributed by atoms with E-state index in [4.69, 9.17) is 4.74 Å². The van der Waals surface area contributed by atoms with Gasteiger partial charge in [-0.05, 0) is 52.5 Å². The molecule has 148 valence electrons. The molecule has 1 saturated heterocycles. The molecule has 1 atom stereocenters. The van der Waals surface area contributed by atoms with Crippen LogP contribution in [0.1, 0.15) is 77.3 Å². The van der Waals surface area contributed by atoms with E-state index in [2.05, 4.69) is 4.98 Å². The summed E-state index contributed by atoms with van der Waals surface area (Å²) in [5, 5.41) is 0. The van der Waals surface area contributed by atoms with Gasteiger partial charge in [0.15, 0.2) is 0 Å². The van der Waals surface area contributed by atoms with Gasteiger partial charge in [0.1, 0.15) is 11.4 Å². The first-order chi connectivity index (χ1) is 12.9. The monoisotopic (exact) mass is 373 g/mol. The molecule has 6 heteroatoms. The summed E-state index contributed by atoms with van der Waals surface area (Å²) in [4.78, 5) is 32.8. The number of carbonyl (C=O) groups excluding carboxylic acids is 2. The van der Waals surface area contributed by atoms with Gasteiger partial charge >= 0.3 is 6.09 Å². The van der Waals surface area contributed by atoms with Crippen molar-refractivity contribution in [2.45, 2.75) is 83.4 Å². The van der Waals surface area contributed by atoms with Crippen molar-refractivity contribution in [3.05, 3.63) is 23.9 Å². The number of rotatable bonds is 4. The van der Waals surface area contributed by atoms with Gasteiger partial charge in [-0.25, -0.2) is 9.78 Å². The minimum Gasteiger partial charge on any atom is -0.443 e. The number of likely N-dealkylation sites (tertiary alicyclic amines) is 1. The first kappa shape index (κ1) is 19.6. The normalized spacial score (nSPS) is 21.1. The Balaban J connectivity index is 1.99. The van der Waals surface area contributed by atoms with Crippen LogP contribution in [0.3, 0.4) is 0 Å². The van der Waals surface area contributed by atoms with Crippen LogP contribution in [0, 0.1) is 0 Å². The van der Waals surface area contributed by atoms with Gasteiger partial charge in [-0.1, -0.05) is 25.3 Å². The summed E-state index contributed by atoms with van der Waals surface area (Å²) < 4.78 is 5.74. The maximum atomic E-state index is 13.2. The molecule has 2 heterocycles. The molecular formula is C21H31N3O3. The molecule has 6 nitrogen and oxygen atoms in total. The second-order valence-electron chi connectivity index (χ2n) is 8.56. The molecule has 0 N–H and O–H groups in total. The van der Waals surface area contributed by atoms with Gasteiger partial charge < -0.3 is 9.64 Å². The molecule has 0 radical (unpaired) electrons. The Bertz CT molecular complexity index is 665. The van der Waals surface area contributed by atoms with E-state index in [0.717, 1.165) is 57.0 Å². The van der Waals surface area contributed by atoms with Crippen LogP contribution in [0.25, 0.3) is 0 Å². The summed E-state index contributed by atoms with van der Waals surface area (Å²) in [6.07, 6.45) is 9.48. The van der Waals surface area contributed by atoms with Gasteiger partial charge in [-0.2, -0.15) is 0 Å². The van der Waals surface area contributed by atoms with Gasteiger partial charge in [0.25, 0.3) is 0 Å². The molecule has 0 spiro atoms. The van der Waals surface area contributed by atoms with Crippen LogP contribution in [-0.4, -0.2) is 40.6 Å². The lowest BCUT2D eigenvalue weighted by atomic mass is 9.93. The quantitative estimate of drug-likeness (QED) is 0.732. The second-order valence-corrected chi connectivity index (χ2v) is 8.56. The van der Waals surface area contributed by atoms with E-state index in [1.807, 2.05) is 37.8 Å². The average Bonchev–Trinajstić information content (AvgIpc) is 3.10. The summed E-state index contributed by atoms with van der Waals surface area (Å²) in [5.74, 6) is 0.650. The van der Waals surface area contributed by atoms with Crippen molar-refractivity contribution in [1.82, 2.24) is 9.88 Å². The zero-order valence-electron chi connectivity index (χ0n) is 16.7. The van der Waals surface area contributed by atoms with Crippen LogP contribution in [-0.2, 0) is 9.53 Å². The summed E-state index contributed by atoms with van der Waals surface area (Å²) in [6, 6.07) is 3.94. The van der Waals surface area contributed by atoms with Crippen LogP contribution in [0.2, 0.25) is 0 Å². The molecule has 1 unspecified atom stereocenters. The second kappa shape index (κ2) is 8.28. The van der Waals surface area contributed by atoms with Crippen molar-refractivity contribution in [3.8, 4) is 0 Å². The number of hydrogen-bond donors (Lipinski definition) is 0. The van der Waals surface area contributed by atoms with E-state index < -0.39 is 5.60 Å². The molecule has 1 aliphatic heterocycles. The number of ether oxygens (including phenoxy) is 1. The Morgan fingerprint density at radius 3 is 2.63 bits per heavy atom. The third-order valence-electron chi connectivity index (χ3n) is 5.36. The Labute approximate surface area is 161 Å². The lowest BCUT2D eigenvalue weighted by Crippen LogP contribution is -2.45. The van der Waals surface area contributed by atoms with E-state index in [9.17, 15) is 9.59 Å². The Morgan fingerprint density at radius 1 is 1.22 bits per heavy atom. The number of anilines is 1. The van der Waals surface area contributed by atoms with Crippen molar-refractivity contribution in [2.75, 3.05) is 11.4 Å². The molecule has 2 aliphatic rings. The molecule has 2 amide bonds. The lowest BCUT2D eigenvalue weighted by Gasteiger charge is -2.36. The van der Waals surface area contributed by atoms with Crippen molar-refractivity contribution in [1.29, 1.82) is 0 Å². The van der Waals surface area contributed by atoms with Crippen LogP contribution < -0.4 is 4.90 Å². The number of nitrogens with zero attached hydrogens (tertiary/aromatic N) is 3. The number of amides is 2. The van der Waals surface area contributed by atoms with E-state index in [-0.39, 0.29) is 18.2 Å². The SMILES string of the molecule is CC(C)(C)OC(=O)N(c1ncccc1C1CCCN1C=O)C1CCCCC1. The van der Waals surface area contributed by atoms with Gasteiger partial charge in [0, 0.05) is 24.3 Å². The van der Waals surface area contributed by atoms with Gasteiger partial charge in [0.2, 0.25) is 6.41 Å². The fourth-order valence-electron chi connectivity index (χ4n) is 4.18. The highest BCUT2D eigenvalue weighted by molar-refractivity contribution is 5.88. The van der Waals surface area contributed by atoms with E-state index >= 15 is 0 Å². The van der Waals surface area contributed by atoms with E-state index in [1.165, 1.54) is 6.42 Å². The zero-order chi connectivity index (χ0) is 19.4. The van der Waals surface area contributed by atoms with Crippen LogP contribution in [0.15, 0.2) is 18.3 Å². The average molecular weight is 373 g/mol. The fraction of sp³-hybridized carbons (Fsp3) is 0.667. The predicted octanol–water partition coefficient (Wildman–Crippen LogP) is 4.45. The Kier molecular flexibility index (Phi) is 6.02. The standard InChI is InChI=1S/C21H31N3O3/c1-21(2,3)27-20(26)24(16-9-5-4-6-10-16)19-17(11-7-13-22-19)18-12-8-14-23(18)15-25/h7,11,13,15-16,18H,4-6,8-10,12,14H2,1-3H3. The minimum atomic E-state index is -0.568. The molecule has 1 aromatic heterocycles. The van der Waals surface area contributed by atoms with Crippen molar-refractivity contribution >= 4 is 18.3 Å². The molecule has 1 aromatic rings. The molecule has 0 bridgehead atoms. The zero-order valence-corrected chi connectivity index (χ0v) is 16.7. The highest BCUT2D eigenvalue weighted by Gasteiger charge is 2.36. The largest absolute Gasteiger partial charge is 0.443 e. The molecule has 0 aromatic carbocycles. The molecular weight excluding hydrogens is 342 g/mol. The highest BCUT2D eigenvalue weighted by Crippen LogP contribution is 2.38. The van der Waals surface area contributed by atoms with Gasteiger partial charge in [-0.3, -0.25) is 9.69 Å². The summed E-state index contributed by atoms with van der Waals surface area (Å²) in [7, 11) is 0. The number of pyridine rings is 1. The third-order valence-corrected chi connectivity index (χ3v) is 5.36. The van der Waals surface area contributed by atoms with Crippen LogP contribution in [0.4, 0.5) is 10.6 Å². The summed E-state index contributed by atoms with van der Waals surface area (Å²) >= 11 is 0. The number of aromatic nitrogens is 1. The van der Waals surface area contributed by atoms with Crippen LogP contribution in [0.5, 0.6) is 0 Å². The first-order valence-electron chi connectivity index (χ1n) is 10.1. The minimum absolute atomic E-state index is 0.0280. The highest BCUT2D eigenvalue weighted by atomic mass is 16.6. The number of hydrogen-bond acceptors (Lipinski definition) is 4. The van der Waals surface area contributed by atoms with Gasteiger partial charge in [0.05, 0.1) is 6.04 Å². The Morgan fingerprint density at radius 2 is 1.96 bits per heavy atom. The topological polar surface area (TPSA) is 62.7 Å². The summed E-state index contributed by atoms with van der Waals surface area (Å²) in [6.45, 7) is 6.40. The molecule has 1 aliphatic carbocycles. The predicted molar refractivity (Wildman–Crippen MR) is 105 cm³/mol. The molecule has 2 fully saturated rings.